The number of anilines is 1. The van der Waals surface area contributed by atoms with E-state index in [1.165, 1.54) is 19.5 Å². The van der Waals surface area contributed by atoms with Crippen LogP contribution in [0.15, 0.2) is 30.6 Å². The van der Waals surface area contributed by atoms with Crippen molar-refractivity contribution in [3.05, 3.63) is 36.2 Å². The molecule has 0 atom stereocenters. The predicted molar refractivity (Wildman–Crippen MR) is 74.0 cm³/mol. The zero-order valence-corrected chi connectivity index (χ0v) is 11.2. The number of benzene rings is 1. The Balaban J connectivity index is 1.80. The van der Waals surface area contributed by atoms with Crippen LogP contribution in [-0.4, -0.2) is 31.7 Å². The molecule has 8 heteroatoms. The molecular weight excluding hydrogens is 278 g/mol. The van der Waals surface area contributed by atoms with Gasteiger partial charge in [-0.25, -0.2) is 9.97 Å². The molecule has 0 bridgehead atoms. The first-order valence-corrected chi connectivity index (χ1v) is 6.39. The van der Waals surface area contributed by atoms with E-state index in [9.17, 15) is 4.79 Å². The minimum atomic E-state index is -0.256. The number of rotatable bonds is 3. The summed E-state index contributed by atoms with van der Waals surface area (Å²) in [6.45, 7) is 0. The highest BCUT2D eigenvalue weighted by molar-refractivity contribution is 7.00. The number of nitrogens with zero attached hydrogens (tertiary/aromatic N) is 4. The van der Waals surface area contributed by atoms with E-state index in [1.807, 2.05) is 0 Å². The average Bonchev–Trinajstić information content (AvgIpc) is 2.95. The van der Waals surface area contributed by atoms with Crippen LogP contribution in [0.25, 0.3) is 11.0 Å². The lowest BCUT2D eigenvalue weighted by Gasteiger charge is -2.04. The molecule has 0 aliphatic carbocycles. The molecule has 1 N–H and O–H groups in total. The minimum Gasteiger partial charge on any atom is -0.467 e. The van der Waals surface area contributed by atoms with Crippen molar-refractivity contribution in [1.29, 1.82) is 0 Å². The molecule has 0 aliphatic heterocycles. The summed E-state index contributed by atoms with van der Waals surface area (Å²) >= 11 is 1.12. The Labute approximate surface area is 118 Å². The smallest absolute Gasteiger partial charge is 0.316 e. The number of carbonyl (C=O) groups excluding carboxylic acids is 1. The van der Waals surface area contributed by atoms with E-state index in [1.54, 1.807) is 18.2 Å². The van der Waals surface area contributed by atoms with Gasteiger partial charge >= 0.3 is 6.01 Å². The summed E-state index contributed by atoms with van der Waals surface area (Å²) in [7, 11) is 1.48. The van der Waals surface area contributed by atoms with Gasteiger partial charge in [0.1, 0.15) is 11.0 Å². The number of aromatic nitrogens is 4. The molecule has 100 valence electrons. The van der Waals surface area contributed by atoms with Crippen molar-refractivity contribution in [2.24, 2.45) is 0 Å². The van der Waals surface area contributed by atoms with Crippen LogP contribution in [0.2, 0.25) is 0 Å². The van der Waals surface area contributed by atoms with Crippen LogP contribution in [0.1, 0.15) is 10.4 Å². The zero-order chi connectivity index (χ0) is 13.9. The van der Waals surface area contributed by atoms with Gasteiger partial charge in [-0.05, 0) is 18.2 Å². The molecular formula is C12H9N5O2S. The van der Waals surface area contributed by atoms with Crippen molar-refractivity contribution in [3.8, 4) is 6.01 Å². The van der Waals surface area contributed by atoms with E-state index in [2.05, 4.69) is 24.0 Å². The number of ether oxygens (including phenoxy) is 1. The Morgan fingerprint density at radius 2 is 1.95 bits per heavy atom. The molecule has 0 radical (unpaired) electrons. The maximum atomic E-state index is 12.1. The average molecular weight is 287 g/mol. The Hall–Kier alpha value is -2.61. The Morgan fingerprint density at radius 3 is 2.70 bits per heavy atom. The summed E-state index contributed by atoms with van der Waals surface area (Å²) < 4.78 is 13.0. The van der Waals surface area contributed by atoms with Crippen LogP contribution in [0.3, 0.4) is 0 Å². The monoisotopic (exact) mass is 287 g/mol. The quantitative estimate of drug-likeness (QED) is 0.789. The second kappa shape index (κ2) is 5.17. The predicted octanol–water partition coefficient (Wildman–Crippen LogP) is 1.74. The van der Waals surface area contributed by atoms with E-state index in [0.717, 1.165) is 17.2 Å². The van der Waals surface area contributed by atoms with Crippen LogP contribution in [0.4, 0.5) is 5.69 Å². The van der Waals surface area contributed by atoms with Gasteiger partial charge in [0, 0.05) is 5.56 Å². The fraction of sp³-hybridized carbons (Fsp3) is 0.0833. The van der Waals surface area contributed by atoms with Crippen LogP contribution in [-0.2, 0) is 0 Å². The first-order chi connectivity index (χ1) is 9.76. The van der Waals surface area contributed by atoms with Crippen molar-refractivity contribution >= 4 is 34.4 Å². The molecule has 0 spiro atoms. The summed E-state index contributed by atoms with van der Waals surface area (Å²) in [5.41, 5.74) is 2.47. The number of hydrogen-bond donors (Lipinski definition) is 1. The molecule has 0 aliphatic rings. The third-order valence-corrected chi connectivity index (χ3v) is 3.14. The van der Waals surface area contributed by atoms with E-state index >= 15 is 0 Å². The van der Waals surface area contributed by atoms with Gasteiger partial charge in [0.15, 0.2) is 0 Å². The van der Waals surface area contributed by atoms with Gasteiger partial charge in [0.05, 0.1) is 36.9 Å². The molecule has 0 saturated heterocycles. The number of amides is 1. The summed E-state index contributed by atoms with van der Waals surface area (Å²) in [5, 5.41) is 2.70. The first-order valence-electron chi connectivity index (χ1n) is 5.66. The minimum absolute atomic E-state index is 0.248. The lowest BCUT2D eigenvalue weighted by Crippen LogP contribution is -2.12. The summed E-state index contributed by atoms with van der Waals surface area (Å²) in [6.07, 6.45) is 2.96. The fourth-order valence-electron chi connectivity index (χ4n) is 1.61. The number of carbonyl (C=O) groups is 1. The van der Waals surface area contributed by atoms with Crippen molar-refractivity contribution < 1.29 is 9.53 Å². The molecule has 1 amide bonds. The normalized spacial score (nSPS) is 10.4. The molecule has 2 aromatic heterocycles. The Bertz CT molecular complexity index is 756. The van der Waals surface area contributed by atoms with E-state index in [4.69, 9.17) is 4.74 Å². The highest BCUT2D eigenvalue weighted by Gasteiger charge is 2.09. The van der Waals surface area contributed by atoms with Gasteiger partial charge in [-0.2, -0.15) is 8.75 Å². The van der Waals surface area contributed by atoms with Crippen molar-refractivity contribution in [1.82, 2.24) is 18.7 Å². The van der Waals surface area contributed by atoms with Gasteiger partial charge < -0.3 is 10.1 Å². The third kappa shape index (κ3) is 2.41. The topological polar surface area (TPSA) is 89.9 Å². The van der Waals surface area contributed by atoms with Gasteiger partial charge in [-0.3, -0.25) is 4.79 Å². The van der Waals surface area contributed by atoms with E-state index < -0.39 is 0 Å². The maximum Gasteiger partial charge on any atom is 0.316 e. The molecule has 20 heavy (non-hydrogen) atoms. The summed E-state index contributed by atoms with van der Waals surface area (Å²) in [6, 6.07) is 5.40. The van der Waals surface area contributed by atoms with Crippen molar-refractivity contribution in [2.75, 3.05) is 12.4 Å². The maximum absolute atomic E-state index is 12.1. The van der Waals surface area contributed by atoms with Gasteiger partial charge in [-0.1, -0.05) is 0 Å². The van der Waals surface area contributed by atoms with Gasteiger partial charge in [0.2, 0.25) is 0 Å². The fourth-order valence-corrected chi connectivity index (χ4v) is 2.13. The number of fused-ring (bicyclic) bond motifs is 1. The molecule has 7 nitrogen and oxygen atoms in total. The highest BCUT2D eigenvalue weighted by Crippen LogP contribution is 2.15. The van der Waals surface area contributed by atoms with Crippen LogP contribution >= 0.6 is 11.7 Å². The van der Waals surface area contributed by atoms with Crippen LogP contribution in [0, 0.1) is 0 Å². The number of hydrogen-bond acceptors (Lipinski definition) is 7. The lowest BCUT2D eigenvalue weighted by molar-refractivity contribution is 0.102. The molecule has 0 saturated carbocycles. The Morgan fingerprint density at radius 1 is 1.20 bits per heavy atom. The van der Waals surface area contributed by atoms with Gasteiger partial charge in [0.25, 0.3) is 5.91 Å². The third-order valence-electron chi connectivity index (χ3n) is 2.58. The molecule has 0 unspecified atom stereocenters. The lowest BCUT2D eigenvalue weighted by atomic mass is 10.2. The van der Waals surface area contributed by atoms with Crippen molar-refractivity contribution in [3.63, 3.8) is 0 Å². The van der Waals surface area contributed by atoms with Gasteiger partial charge in [-0.15, -0.1) is 0 Å². The highest BCUT2D eigenvalue weighted by atomic mass is 32.1. The molecule has 3 aromatic rings. The molecule has 1 aromatic carbocycles. The Kier molecular flexibility index (Phi) is 3.21. The second-order valence-electron chi connectivity index (χ2n) is 3.88. The summed E-state index contributed by atoms with van der Waals surface area (Å²) in [4.78, 5) is 19.9. The number of methoxy groups -OCH3 is 1. The standard InChI is InChI=1S/C12H9N5O2S/c1-19-12-13-5-8(6-14-12)15-11(18)7-2-3-9-10(4-7)17-20-16-9/h2-6H,1H3,(H,15,18). The summed E-state index contributed by atoms with van der Waals surface area (Å²) in [5.74, 6) is -0.256. The molecule has 0 fully saturated rings. The second-order valence-corrected chi connectivity index (χ2v) is 4.41. The SMILES string of the molecule is COc1ncc(NC(=O)c2ccc3nsnc3c2)cn1. The number of nitrogens with one attached hydrogen (secondary N) is 1. The first kappa shape index (κ1) is 12.4. The van der Waals surface area contributed by atoms with Crippen LogP contribution in [0.5, 0.6) is 6.01 Å². The van der Waals surface area contributed by atoms with E-state index in [-0.39, 0.29) is 11.9 Å². The molecule has 2 heterocycles. The van der Waals surface area contributed by atoms with Crippen molar-refractivity contribution in [2.45, 2.75) is 0 Å². The largest absolute Gasteiger partial charge is 0.467 e. The van der Waals surface area contributed by atoms with Crippen LogP contribution < -0.4 is 10.1 Å². The van der Waals surface area contributed by atoms with E-state index in [0.29, 0.717) is 16.8 Å². The zero-order valence-electron chi connectivity index (χ0n) is 10.4. The molecule has 3 rings (SSSR count).